The summed E-state index contributed by atoms with van der Waals surface area (Å²) in [6.07, 6.45) is 0. The molecule has 1 aliphatic rings. The second-order valence-corrected chi connectivity index (χ2v) is 4.91. The molecule has 6 nitrogen and oxygen atoms in total. The zero-order valence-electron chi connectivity index (χ0n) is 12.2. The molecule has 0 aliphatic carbocycles. The number of ether oxygens (including phenoxy) is 1. The highest BCUT2D eigenvalue weighted by Gasteiger charge is 2.23. The van der Waals surface area contributed by atoms with Crippen molar-refractivity contribution >= 4 is 17.5 Å². The van der Waals surface area contributed by atoms with Gasteiger partial charge in [-0.3, -0.25) is 9.59 Å². The number of hydrogen-bond donors (Lipinski definition) is 1. The van der Waals surface area contributed by atoms with Crippen molar-refractivity contribution in [3.63, 3.8) is 0 Å². The van der Waals surface area contributed by atoms with Gasteiger partial charge in [0.1, 0.15) is 6.61 Å². The highest BCUT2D eigenvalue weighted by atomic mass is 16.5. The van der Waals surface area contributed by atoms with Crippen molar-refractivity contribution in [1.82, 2.24) is 9.80 Å². The van der Waals surface area contributed by atoms with E-state index in [1.54, 1.807) is 9.80 Å². The SMILES string of the molecule is COCC(=O)N1CCN(C(=O)CNc2ccccc2)CC1. The Morgan fingerprint density at radius 1 is 1.05 bits per heavy atom. The van der Waals surface area contributed by atoms with Gasteiger partial charge in [-0.2, -0.15) is 0 Å². The highest BCUT2D eigenvalue weighted by Crippen LogP contribution is 2.06. The van der Waals surface area contributed by atoms with Crippen LogP contribution >= 0.6 is 0 Å². The predicted molar refractivity (Wildman–Crippen MR) is 80.0 cm³/mol. The van der Waals surface area contributed by atoms with Crippen LogP contribution in [0.2, 0.25) is 0 Å². The number of hydrogen-bond acceptors (Lipinski definition) is 4. The van der Waals surface area contributed by atoms with Crippen LogP contribution in [0.15, 0.2) is 30.3 Å². The Morgan fingerprint density at radius 3 is 2.19 bits per heavy atom. The molecule has 1 aromatic rings. The zero-order valence-corrected chi connectivity index (χ0v) is 12.2. The molecule has 2 rings (SSSR count). The Labute approximate surface area is 124 Å². The van der Waals surface area contributed by atoms with E-state index in [-0.39, 0.29) is 25.0 Å². The third-order valence-electron chi connectivity index (χ3n) is 3.47. The van der Waals surface area contributed by atoms with Gasteiger partial charge >= 0.3 is 0 Å². The molecule has 0 bridgehead atoms. The van der Waals surface area contributed by atoms with Gasteiger partial charge in [-0.1, -0.05) is 18.2 Å². The lowest BCUT2D eigenvalue weighted by Crippen LogP contribution is -2.52. The first-order valence-corrected chi connectivity index (χ1v) is 7.04. The van der Waals surface area contributed by atoms with Crippen molar-refractivity contribution < 1.29 is 14.3 Å². The molecule has 0 unspecified atom stereocenters. The van der Waals surface area contributed by atoms with Crippen molar-refractivity contribution in [1.29, 1.82) is 0 Å². The van der Waals surface area contributed by atoms with Gasteiger partial charge in [0.2, 0.25) is 11.8 Å². The van der Waals surface area contributed by atoms with Crippen LogP contribution in [-0.4, -0.2) is 68.1 Å². The molecule has 1 saturated heterocycles. The molecular weight excluding hydrogens is 270 g/mol. The molecule has 114 valence electrons. The minimum Gasteiger partial charge on any atom is -0.376 e. The van der Waals surface area contributed by atoms with E-state index in [0.29, 0.717) is 26.2 Å². The lowest BCUT2D eigenvalue weighted by molar-refractivity contribution is -0.141. The Balaban J connectivity index is 1.74. The van der Waals surface area contributed by atoms with Crippen LogP contribution in [0.1, 0.15) is 0 Å². The second-order valence-electron chi connectivity index (χ2n) is 4.91. The maximum absolute atomic E-state index is 12.1. The van der Waals surface area contributed by atoms with Gasteiger partial charge in [-0.15, -0.1) is 0 Å². The van der Waals surface area contributed by atoms with E-state index in [4.69, 9.17) is 4.74 Å². The summed E-state index contributed by atoms with van der Waals surface area (Å²) in [4.78, 5) is 27.3. The Kier molecular flexibility index (Phi) is 5.57. The number of nitrogens with zero attached hydrogens (tertiary/aromatic N) is 2. The number of carbonyl (C=O) groups is 2. The third kappa shape index (κ3) is 4.46. The van der Waals surface area contributed by atoms with Gasteiger partial charge in [0, 0.05) is 39.0 Å². The van der Waals surface area contributed by atoms with Crippen molar-refractivity contribution in [2.45, 2.75) is 0 Å². The summed E-state index contributed by atoms with van der Waals surface area (Å²) < 4.78 is 4.84. The molecule has 1 fully saturated rings. The highest BCUT2D eigenvalue weighted by molar-refractivity contribution is 5.82. The first-order valence-electron chi connectivity index (χ1n) is 7.04. The fourth-order valence-corrected chi connectivity index (χ4v) is 2.27. The quantitative estimate of drug-likeness (QED) is 0.854. The maximum atomic E-state index is 12.1. The molecule has 0 radical (unpaired) electrons. The molecule has 2 amide bonds. The Bertz CT molecular complexity index is 470. The van der Waals surface area contributed by atoms with Crippen molar-refractivity contribution in [3.05, 3.63) is 30.3 Å². The lowest BCUT2D eigenvalue weighted by atomic mass is 10.3. The van der Waals surface area contributed by atoms with Crippen LogP contribution in [0, 0.1) is 0 Å². The Morgan fingerprint density at radius 2 is 1.62 bits per heavy atom. The van der Waals surface area contributed by atoms with Gasteiger partial charge in [0.05, 0.1) is 6.54 Å². The normalized spacial score (nSPS) is 14.9. The fourth-order valence-electron chi connectivity index (χ4n) is 2.27. The van der Waals surface area contributed by atoms with Crippen LogP contribution in [0.3, 0.4) is 0 Å². The fraction of sp³-hybridized carbons (Fsp3) is 0.467. The first-order chi connectivity index (χ1) is 10.2. The summed E-state index contributed by atoms with van der Waals surface area (Å²) in [5, 5.41) is 3.10. The summed E-state index contributed by atoms with van der Waals surface area (Å²) in [6, 6.07) is 9.63. The minimum atomic E-state index is -0.0213. The van der Waals surface area contributed by atoms with Crippen LogP contribution < -0.4 is 5.32 Å². The van der Waals surface area contributed by atoms with Crippen LogP contribution in [0.25, 0.3) is 0 Å². The summed E-state index contributed by atoms with van der Waals surface area (Å²) in [5.41, 5.74) is 0.930. The number of piperazine rings is 1. The number of nitrogens with one attached hydrogen (secondary N) is 1. The molecule has 0 aromatic heterocycles. The predicted octanol–water partition coefficient (Wildman–Crippen LogP) is 0.416. The minimum absolute atomic E-state index is 0.0213. The van der Waals surface area contributed by atoms with Gasteiger partial charge < -0.3 is 19.9 Å². The van der Waals surface area contributed by atoms with Gasteiger partial charge in [0.25, 0.3) is 0 Å². The van der Waals surface area contributed by atoms with Crippen molar-refractivity contribution in [2.24, 2.45) is 0 Å². The molecule has 1 aliphatic heterocycles. The number of para-hydroxylation sites is 1. The molecule has 1 N–H and O–H groups in total. The topological polar surface area (TPSA) is 61.9 Å². The molecule has 21 heavy (non-hydrogen) atoms. The number of benzene rings is 1. The summed E-state index contributed by atoms with van der Waals surface area (Å²) in [6.45, 7) is 2.66. The van der Waals surface area contributed by atoms with Gasteiger partial charge in [0.15, 0.2) is 0 Å². The molecule has 0 saturated carbocycles. The van der Waals surface area contributed by atoms with E-state index < -0.39 is 0 Å². The molecule has 1 aromatic carbocycles. The number of carbonyl (C=O) groups excluding carboxylic acids is 2. The van der Waals surface area contributed by atoms with E-state index in [1.165, 1.54) is 7.11 Å². The second kappa shape index (κ2) is 7.64. The average molecular weight is 291 g/mol. The average Bonchev–Trinajstić information content (AvgIpc) is 2.54. The summed E-state index contributed by atoms with van der Waals surface area (Å²) in [5.74, 6) is 0.0321. The number of methoxy groups -OCH3 is 1. The lowest BCUT2D eigenvalue weighted by Gasteiger charge is -2.34. The number of rotatable bonds is 5. The zero-order chi connectivity index (χ0) is 15.1. The summed E-state index contributed by atoms with van der Waals surface area (Å²) in [7, 11) is 1.51. The molecule has 6 heteroatoms. The van der Waals surface area contributed by atoms with E-state index in [2.05, 4.69) is 5.32 Å². The number of amides is 2. The van der Waals surface area contributed by atoms with Gasteiger partial charge in [-0.25, -0.2) is 0 Å². The van der Waals surface area contributed by atoms with E-state index in [0.717, 1.165) is 5.69 Å². The Hall–Kier alpha value is -2.08. The van der Waals surface area contributed by atoms with Crippen molar-refractivity contribution in [3.8, 4) is 0 Å². The van der Waals surface area contributed by atoms with Crippen molar-refractivity contribution in [2.75, 3.05) is 51.8 Å². The first kappa shape index (κ1) is 15.3. The maximum Gasteiger partial charge on any atom is 0.248 e. The number of anilines is 1. The monoisotopic (exact) mass is 291 g/mol. The van der Waals surface area contributed by atoms with Crippen LogP contribution in [0.4, 0.5) is 5.69 Å². The largest absolute Gasteiger partial charge is 0.376 e. The van der Waals surface area contributed by atoms with Gasteiger partial charge in [-0.05, 0) is 12.1 Å². The van der Waals surface area contributed by atoms with Crippen LogP contribution in [0.5, 0.6) is 0 Å². The smallest absolute Gasteiger partial charge is 0.248 e. The standard InChI is InChI=1S/C15H21N3O3/c1-21-12-15(20)18-9-7-17(8-10-18)14(19)11-16-13-5-3-2-4-6-13/h2-6,16H,7-12H2,1H3. The third-order valence-corrected chi connectivity index (χ3v) is 3.47. The van der Waals surface area contributed by atoms with Crippen LogP contribution in [-0.2, 0) is 14.3 Å². The van der Waals surface area contributed by atoms with E-state index in [1.807, 2.05) is 30.3 Å². The molecule has 1 heterocycles. The van der Waals surface area contributed by atoms with E-state index >= 15 is 0 Å². The molecule has 0 atom stereocenters. The molecule has 0 spiro atoms. The molecular formula is C15H21N3O3. The summed E-state index contributed by atoms with van der Waals surface area (Å²) >= 11 is 0. The van der Waals surface area contributed by atoms with E-state index in [9.17, 15) is 9.59 Å².